The van der Waals surface area contributed by atoms with Crippen LogP contribution in [0.1, 0.15) is 20.8 Å². The number of rotatable bonds is 4. The van der Waals surface area contributed by atoms with E-state index < -0.39 is 6.09 Å². The second-order valence-corrected chi connectivity index (χ2v) is 3.35. The fourth-order valence-corrected chi connectivity index (χ4v) is 1.17. The van der Waals surface area contributed by atoms with Gasteiger partial charge in [-0.25, -0.2) is 4.79 Å². The van der Waals surface area contributed by atoms with Crippen molar-refractivity contribution in [3.63, 3.8) is 0 Å². The predicted octanol–water partition coefficient (Wildman–Crippen LogP) is 1.40. The molecule has 1 amide bonds. The minimum Gasteiger partial charge on any atom is -0.453 e. The van der Waals surface area contributed by atoms with E-state index >= 15 is 0 Å². The zero-order valence-corrected chi connectivity index (χ0v) is 8.96. The summed E-state index contributed by atoms with van der Waals surface area (Å²) in [6.07, 6.45) is -0.429. The number of methoxy groups -OCH3 is 2. The summed E-state index contributed by atoms with van der Waals surface area (Å²) in [5, 5.41) is 2.73. The maximum atomic E-state index is 11.0. The summed E-state index contributed by atoms with van der Waals surface area (Å²) in [5.74, 6) is 0.314. The van der Waals surface area contributed by atoms with Crippen LogP contribution in [0.3, 0.4) is 0 Å². The molecule has 1 N–H and O–H groups in total. The Labute approximate surface area is 79.6 Å². The Hall–Kier alpha value is -0.770. The molecule has 4 heteroatoms. The second-order valence-electron chi connectivity index (χ2n) is 3.35. The van der Waals surface area contributed by atoms with Crippen LogP contribution in [0, 0.1) is 5.92 Å². The van der Waals surface area contributed by atoms with Crippen molar-refractivity contribution in [1.29, 1.82) is 0 Å². The van der Waals surface area contributed by atoms with Crippen LogP contribution >= 0.6 is 0 Å². The molecule has 0 unspecified atom stereocenters. The monoisotopic (exact) mass is 189 g/mol. The number of hydrogen-bond acceptors (Lipinski definition) is 3. The summed E-state index contributed by atoms with van der Waals surface area (Å²) in [6, 6.07) is -0.0163. The Balaban J connectivity index is 4.17. The van der Waals surface area contributed by atoms with Crippen LogP contribution in [0.4, 0.5) is 4.79 Å². The van der Waals surface area contributed by atoms with Gasteiger partial charge in [0.2, 0.25) is 0 Å². The maximum absolute atomic E-state index is 11.0. The molecule has 0 heterocycles. The van der Waals surface area contributed by atoms with Gasteiger partial charge in [-0.3, -0.25) is 0 Å². The molecule has 0 rings (SSSR count). The van der Waals surface area contributed by atoms with Crippen molar-refractivity contribution in [2.75, 3.05) is 14.2 Å². The SMILES string of the molecule is COC(=O)N[C@H](C(C)C)[C@@H](C)OC. The molecule has 0 aliphatic rings. The summed E-state index contributed by atoms with van der Waals surface area (Å²) >= 11 is 0. The van der Waals surface area contributed by atoms with Crippen molar-refractivity contribution in [1.82, 2.24) is 5.32 Å². The Morgan fingerprint density at radius 3 is 2.08 bits per heavy atom. The highest BCUT2D eigenvalue weighted by Gasteiger charge is 2.22. The van der Waals surface area contributed by atoms with E-state index in [1.165, 1.54) is 7.11 Å². The molecule has 0 aliphatic heterocycles. The maximum Gasteiger partial charge on any atom is 0.407 e. The lowest BCUT2D eigenvalue weighted by molar-refractivity contribution is 0.0638. The standard InChI is InChI=1S/C9H19NO3/c1-6(2)8(7(3)12-4)10-9(11)13-5/h6-8H,1-5H3,(H,10,11)/t7-,8-/m1/s1. The van der Waals surface area contributed by atoms with E-state index in [1.54, 1.807) is 7.11 Å². The van der Waals surface area contributed by atoms with Crippen LogP contribution in [0.5, 0.6) is 0 Å². The van der Waals surface area contributed by atoms with Crippen LogP contribution in [-0.2, 0) is 9.47 Å². The number of ether oxygens (including phenoxy) is 2. The van der Waals surface area contributed by atoms with Crippen molar-refractivity contribution >= 4 is 6.09 Å². The van der Waals surface area contributed by atoms with Gasteiger partial charge in [0.1, 0.15) is 0 Å². The van der Waals surface area contributed by atoms with Crippen LogP contribution in [0.25, 0.3) is 0 Å². The van der Waals surface area contributed by atoms with Gasteiger partial charge in [0.05, 0.1) is 19.3 Å². The van der Waals surface area contributed by atoms with Crippen LogP contribution in [-0.4, -0.2) is 32.5 Å². The van der Waals surface area contributed by atoms with E-state index in [1.807, 2.05) is 20.8 Å². The fourth-order valence-electron chi connectivity index (χ4n) is 1.17. The fraction of sp³-hybridized carbons (Fsp3) is 0.889. The lowest BCUT2D eigenvalue weighted by Crippen LogP contribution is -2.46. The Bertz CT molecular complexity index is 159. The third-order valence-electron chi connectivity index (χ3n) is 2.07. The first-order chi connectivity index (χ1) is 6.02. The van der Waals surface area contributed by atoms with Crippen molar-refractivity contribution in [3.8, 4) is 0 Å². The normalized spacial score (nSPS) is 15.2. The van der Waals surface area contributed by atoms with E-state index in [0.717, 1.165) is 0 Å². The smallest absolute Gasteiger partial charge is 0.407 e. The van der Waals surface area contributed by atoms with Crippen molar-refractivity contribution in [2.45, 2.75) is 32.9 Å². The average Bonchev–Trinajstić information content (AvgIpc) is 2.11. The number of hydrogen-bond donors (Lipinski definition) is 1. The van der Waals surface area contributed by atoms with Crippen molar-refractivity contribution < 1.29 is 14.3 Å². The lowest BCUT2D eigenvalue weighted by Gasteiger charge is -2.26. The molecule has 78 valence electrons. The van der Waals surface area contributed by atoms with Gasteiger partial charge < -0.3 is 14.8 Å². The molecule has 0 radical (unpaired) electrons. The highest BCUT2D eigenvalue weighted by atomic mass is 16.5. The van der Waals surface area contributed by atoms with E-state index in [-0.39, 0.29) is 12.1 Å². The average molecular weight is 189 g/mol. The first-order valence-electron chi connectivity index (χ1n) is 4.40. The van der Waals surface area contributed by atoms with Gasteiger partial charge in [0, 0.05) is 7.11 Å². The lowest BCUT2D eigenvalue weighted by atomic mass is 10.00. The first-order valence-corrected chi connectivity index (χ1v) is 4.40. The molecule has 2 atom stereocenters. The minimum absolute atomic E-state index is 0.0147. The molecule has 0 saturated heterocycles. The largest absolute Gasteiger partial charge is 0.453 e. The molecule has 0 aromatic carbocycles. The van der Waals surface area contributed by atoms with Crippen LogP contribution in [0.15, 0.2) is 0 Å². The van der Waals surface area contributed by atoms with Gasteiger partial charge in [-0.15, -0.1) is 0 Å². The van der Waals surface area contributed by atoms with E-state index in [0.29, 0.717) is 5.92 Å². The zero-order valence-electron chi connectivity index (χ0n) is 8.96. The molecule has 0 aromatic heterocycles. The Morgan fingerprint density at radius 2 is 1.77 bits per heavy atom. The molecule has 4 nitrogen and oxygen atoms in total. The Kier molecular flexibility index (Phi) is 5.46. The van der Waals surface area contributed by atoms with Gasteiger partial charge in [-0.1, -0.05) is 13.8 Å². The van der Waals surface area contributed by atoms with Crippen LogP contribution in [0.2, 0.25) is 0 Å². The molecule has 0 saturated carbocycles. The third kappa shape index (κ3) is 4.12. The van der Waals surface area contributed by atoms with E-state index in [2.05, 4.69) is 10.1 Å². The molecule has 0 fully saturated rings. The summed E-state index contributed by atoms with van der Waals surface area (Å²) < 4.78 is 9.67. The third-order valence-corrected chi connectivity index (χ3v) is 2.07. The highest BCUT2D eigenvalue weighted by molar-refractivity contribution is 5.67. The summed E-state index contributed by atoms with van der Waals surface area (Å²) in [6.45, 7) is 5.97. The molecule has 0 spiro atoms. The van der Waals surface area contributed by atoms with Gasteiger partial charge >= 0.3 is 6.09 Å². The number of nitrogens with one attached hydrogen (secondary N) is 1. The highest BCUT2D eigenvalue weighted by Crippen LogP contribution is 2.08. The number of carbonyl (C=O) groups excluding carboxylic acids is 1. The van der Waals surface area contributed by atoms with E-state index in [9.17, 15) is 4.79 Å². The minimum atomic E-state index is -0.414. The van der Waals surface area contributed by atoms with Gasteiger partial charge in [0.25, 0.3) is 0 Å². The van der Waals surface area contributed by atoms with Crippen molar-refractivity contribution in [2.24, 2.45) is 5.92 Å². The number of carbonyl (C=O) groups is 1. The van der Waals surface area contributed by atoms with E-state index in [4.69, 9.17) is 4.74 Å². The zero-order chi connectivity index (χ0) is 10.4. The molecule has 0 bridgehead atoms. The quantitative estimate of drug-likeness (QED) is 0.727. The van der Waals surface area contributed by atoms with Gasteiger partial charge in [-0.05, 0) is 12.8 Å². The molecule has 13 heavy (non-hydrogen) atoms. The van der Waals surface area contributed by atoms with Gasteiger partial charge in [0.15, 0.2) is 0 Å². The summed E-state index contributed by atoms with van der Waals surface area (Å²) in [7, 11) is 2.98. The summed E-state index contributed by atoms with van der Waals surface area (Å²) in [4.78, 5) is 11.0. The molecular formula is C9H19NO3. The van der Waals surface area contributed by atoms with Gasteiger partial charge in [-0.2, -0.15) is 0 Å². The second kappa shape index (κ2) is 5.80. The number of alkyl carbamates (subject to hydrolysis) is 1. The number of amides is 1. The van der Waals surface area contributed by atoms with Crippen LogP contribution < -0.4 is 5.32 Å². The van der Waals surface area contributed by atoms with Crippen molar-refractivity contribution in [3.05, 3.63) is 0 Å². The topological polar surface area (TPSA) is 47.6 Å². The molecular weight excluding hydrogens is 170 g/mol. The summed E-state index contributed by atoms with van der Waals surface area (Å²) in [5.41, 5.74) is 0. The molecule has 0 aromatic rings. The first kappa shape index (κ1) is 12.2. The Morgan fingerprint density at radius 1 is 1.23 bits per heavy atom. The molecule has 0 aliphatic carbocycles. The predicted molar refractivity (Wildman–Crippen MR) is 50.6 cm³/mol.